The molecule has 0 radical (unpaired) electrons. The van der Waals surface area contributed by atoms with Crippen molar-refractivity contribution in [1.29, 1.82) is 0 Å². The van der Waals surface area contributed by atoms with Crippen LogP contribution in [-0.4, -0.2) is 33.4 Å². The smallest absolute Gasteiger partial charge is 0.255 e. The Morgan fingerprint density at radius 1 is 1.40 bits per heavy atom. The largest absolute Gasteiger partial charge is 0.368 e. The lowest BCUT2D eigenvalue weighted by molar-refractivity contribution is -0.124. The summed E-state index contributed by atoms with van der Waals surface area (Å²) in [6, 6.07) is 9.97. The average Bonchev–Trinajstić information content (AvgIpc) is 3.11. The Labute approximate surface area is 116 Å². The number of nitrogens with zero attached hydrogens (tertiary/aromatic N) is 3. The molecule has 6 nitrogen and oxygen atoms in total. The zero-order valence-corrected chi connectivity index (χ0v) is 11.0. The van der Waals surface area contributed by atoms with Crippen LogP contribution in [0.15, 0.2) is 36.7 Å². The van der Waals surface area contributed by atoms with Gasteiger partial charge in [-0.1, -0.05) is 30.3 Å². The van der Waals surface area contributed by atoms with Crippen LogP contribution in [0.5, 0.6) is 0 Å². The number of benzene rings is 1. The van der Waals surface area contributed by atoms with Crippen molar-refractivity contribution in [2.24, 2.45) is 0 Å². The number of hydrogen-bond acceptors (Lipinski definition) is 4. The first kappa shape index (κ1) is 12.8. The number of carbonyl (C=O) groups is 1. The molecule has 1 unspecified atom stereocenters. The Kier molecular flexibility index (Phi) is 3.73. The predicted molar refractivity (Wildman–Crippen MR) is 73.2 cm³/mol. The lowest BCUT2D eigenvalue weighted by atomic mass is 10.2. The highest BCUT2D eigenvalue weighted by atomic mass is 16.5. The Hall–Kier alpha value is -2.21. The zero-order valence-electron chi connectivity index (χ0n) is 11.0. The molecule has 1 fully saturated rings. The van der Waals surface area contributed by atoms with Crippen LogP contribution in [0.3, 0.4) is 0 Å². The third-order valence-corrected chi connectivity index (χ3v) is 3.18. The zero-order chi connectivity index (χ0) is 13.8. The number of ether oxygens (including phenoxy) is 1. The van der Waals surface area contributed by atoms with Crippen LogP contribution in [0, 0.1) is 0 Å². The summed E-state index contributed by atoms with van der Waals surface area (Å²) in [6.45, 7) is 1.28. The van der Waals surface area contributed by atoms with Crippen molar-refractivity contribution < 1.29 is 9.53 Å². The van der Waals surface area contributed by atoms with E-state index < -0.39 is 0 Å². The molecular weight excluding hydrogens is 256 g/mol. The summed E-state index contributed by atoms with van der Waals surface area (Å²) in [7, 11) is 0. The van der Waals surface area contributed by atoms with Crippen molar-refractivity contribution >= 4 is 11.9 Å². The van der Waals surface area contributed by atoms with Gasteiger partial charge in [-0.15, -0.1) is 5.10 Å². The second-order valence-corrected chi connectivity index (χ2v) is 4.74. The number of amides is 1. The number of rotatable bonds is 4. The molecular formula is C14H16N4O2. The van der Waals surface area contributed by atoms with E-state index in [0.29, 0.717) is 19.1 Å². The van der Waals surface area contributed by atoms with Crippen LogP contribution >= 0.6 is 0 Å². The normalized spacial score (nSPS) is 18.1. The first-order valence-corrected chi connectivity index (χ1v) is 6.67. The summed E-state index contributed by atoms with van der Waals surface area (Å²) in [5.74, 6) is 0.154. The van der Waals surface area contributed by atoms with Gasteiger partial charge in [-0.2, -0.15) is 0 Å². The fourth-order valence-corrected chi connectivity index (χ4v) is 2.17. The highest BCUT2D eigenvalue weighted by molar-refractivity contribution is 5.92. The van der Waals surface area contributed by atoms with Crippen molar-refractivity contribution in [3.05, 3.63) is 42.2 Å². The maximum absolute atomic E-state index is 11.9. The molecule has 2 heterocycles. The van der Waals surface area contributed by atoms with Crippen molar-refractivity contribution in [1.82, 2.24) is 14.8 Å². The molecule has 104 valence electrons. The second-order valence-electron chi connectivity index (χ2n) is 4.74. The molecule has 1 aliphatic rings. The second kappa shape index (κ2) is 5.83. The molecule has 20 heavy (non-hydrogen) atoms. The molecule has 0 saturated carbocycles. The minimum absolute atomic E-state index is 0.167. The van der Waals surface area contributed by atoms with Crippen LogP contribution in [0.2, 0.25) is 0 Å². The van der Waals surface area contributed by atoms with Crippen molar-refractivity contribution in [2.45, 2.75) is 25.5 Å². The summed E-state index contributed by atoms with van der Waals surface area (Å²) in [5.41, 5.74) is 1.13. The van der Waals surface area contributed by atoms with E-state index in [2.05, 4.69) is 15.4 Å². The van der Waals surface area contributed by atoms with Gasteiger partial charge in [0.2, 0.25) is 5.95 Å². The van der Waals surface area contributed by atoms with Gasteiger partial charge in [0.25, 0.3) is 5.91 Å². The highest BCUT2D eigenvalue weighted by Gasteiger charge is 2.24. The van der Waals surface area contributed by atoms with Crippen LogP contribution in [-0.2, 0) is 16.1 Å². The lowest BCUT2D eigenvalue weighted by Gasteiger charge is -2.07. The van der Waals surface area contributed by atoms with E-state index in [9.17, 15) is 4.79 Å². The molecule has 0 bridgehead atoms. The molecule has 1 aromatic carbocycles. The third-order valence-electron chi connectivity index (χ3n) is 3.18. The molecule has 1 amide bonds. The Bertz CT molecular complexity index is 576. The summed E-state index contributed by atoms with van der Waals surface area (Å²) < 4.78 is 7.01. The maximum atomic E-state index is 11.9. The number of nitrogens with one attached hydrogen (secondary N) is 1. The van der Waals surface area contributed by atoms with E-state index in [1.165, 1.54) is 0 Å². The van der Waals surface area contributed by atoms with Gasteiger partial charge < -0.3 is 4.74 Å². The van der Waals surface area contributed by atoms with Gasteiger partial charge in [0.05, 0.1) is 6.54 Å². The predicted octanol–water partition coefficient (Wildman–Crippen LogP) is 1.44. The van der Waals surface area contributed by atoms with Gasteiger partial charge in [0.1, 0.15) is 12.4 Å². The van der Waals surface area contributed by atoms with Crippen LogP contribution in [0.1, 0.15) is 18.4 Å². The molecule has 6 heteroatoms. The molecule has 1 N–H and O–H groups in total. The Balaban J connectivity index is 1.60. The van der Waals surface area contributed by atoms with Gasteiger partial charge in [-0.3, -0.25) is 10.1 Å². The summed E-state index contributed by atoms with van der Waals surface area (Å²) in [5, 5.41) is 6.92. The Morgan fingerprint density at radius 2 is 2.25 bits per heavy atom. The van der Waals surface area contributed by atoms with Crippen molar-refractivity contribution in [3.8, 4) is 0 Å². The van der Waals surface area contributed by atoms with Gasteiger partial charge in [-0.25, -0.2) is 9.67 Å². The molecule has 2 aromatic rings. The molecule has 3 rings (SSSR count). The summed E-state index contributed by atoms with van der Waals surface area (Å²) in [4.78, 5) is 15.9. The van der Waals surface area contributed by atoms with E-state index in [4.69, 9.17) is 4.74 Å². The SMILES string of the molecule is O=C(Nc1ncn(Cc2ccccc2)n1)C1CCCO1. The number of carbonyl (C=O) groups excluding carboxylic acids is 1. The maximum Gasteiger partial charge on any atom is 0.255 e. The van der Waals surface area contributed by atoms with E-state index in [1.54, 1.807) is 11.0 Å². The number of hydrogen-bond donors (Lipinski definition) is 1. The van der Waals surface area contributed by atoms with E-state index in [1.807, 2.05) is 30.3 Å². The quantitative estimate of drug-likeness (QED) is 0.914. The van der Waals surface area contributed by atoms with Crippen LogP contribution in [0.4, 0.5) is 5.95 Å². The van der Waals surface area contributed by atoms with Gasteiger partial charge in [-0.05, 0) is 18.4 Å². The molecule has 1 aromatic heterocycles. The summed E-state index contributed by atoms with van der Waals surface area (Å²) >= 11 is 0. The number of anilines is 1. The third kappa shape index (κ3) is 3.03. The first-order chi connectivity index (χ1) is 9.81. The van der Waals surface area contributed by atoms with E-state index >= 15 is 0 Å². The Morgan fingerprint density at radius 3 is 3.00 bits per heavy atom. The van der Waals surface area contributed by atoms with Gasteiger partial charge in [0.15, 0.2) is 0 Å². The monoisotopic (exact) mass is 272 g/mol. The van der Waals surface area contributed by atoms with E-state index in [0.717, 1.165) is 18.4 Å². The standard InChI is InChI=1S/C14H16N4O2/c19-13(12-7-4-8-20-12)16-14-15-10-18(17-14)9-11-5-2-1-3-6-11/h1-3,5-6,10,12H,4,7-9H2,(H,16,17,19). The minimum atomic E-state index is -0.365. The number of aromatic nitrogens is 3. The van der Waals surface area contributed by atoms with Crippen molar-refractivity contribution in [3.63, 3.8) is 0 Å². The minimum Gasteiger partial charge on any atom is -0.368 e. The average molecular weight is 272 g/mol. The molecule has 1 atom stereocenters. The first-order valence-electron chi connectivity index (χ1n) is 6.67. The highest BCUT2D eigenvalue weighted by Crippen LogP contribution is 2.13. The topological polar surface area (TPSA) is 69.0 Å². The molecule has 1 saturated heterocycles. The molecule has 0 aliphatic carbocycles. The van der Waals surface area contributed by atoms with Crippen molar-refractivity contribution in [2.75, 3.05) is 11.9 Å². The van der Waals surface area contributed by atoms with Crippen LogP contribution in [0.25, 0.3) is 0 Å². The lowest BCUT2D eigenvalue weighted by Crippen LogP contribution is -2.27. The summed E-state index contributed by atoms with van der Waals surface area (Å²) in [6.07, 6.45) is 2.93. The molecule has 0 spiro atoms. The molecule has 1 aliphatic heterocycles. The van der Waals surface area contributed by atoms with Gasteiger partial charge in [0, 0.05) is 6.61 Å². The van der Waals surface area contributed by atoms with Gasteiger partial charge >= 0.3 is 0 Å². The van der Waals surface area contributed by atoms with Crippen LogP contribution < -0.4 is 5.32 Å². The van der Waals surface area contributed by atoms with E-state index in [-0.39, 0.29) is 12.0 Å². The fraction of sp³-hybridized carbons (Fsp3) is 0.357. The fourth-order valence-electron chi connectivity index (χ4n) is 2.17.